The number of anilines is 6. The molecule has 0 saturated carbocycles. The fraction of sp³-hybridized carbons (Fsp3) is 0.0820. The van der Waals surface area contributed by atoms with E-state index in [2.05, 4.69) is 244 Å². The van der Waals surface area contributed by atoms with E-state index in [1.807, 2.05) is 0 Å². The van der Waals surface area contributed by atoms with Crippen LogP contribution in [0.15, 0.2) is 206 Å². The van der Waals surface area contributed by atoms with Crippen molar-refractivity contribution in [3.05, 3.63) is 251 Å². The Labute approximate surface area is 370 Å². The van der Waals surface area contributed by atoms with Crippen molar-refractivity contribution in [1.29, 1.82) is 0 Å². The molecular formula is C61H46N2. The maximum Gasteiger partial charge on any atom is 0.0725 e. The highest BCUT2D eigenvalue weighted by atomic mass is 15.1. The van der Waals surface area contributed by atoms with Crippen molar-refractivity contribution in [2.75, 3.05) is 9.80 Å². The van der Waals surface area contributed by atoms with Gasteiger partial charge < -0.3 is 9.80 Å². The molecule has 10 aromatic rings. The molecule has 0 heterocycles. The number of nitrogens with zero attached hydrogens (tertiary/aromatic N) is 2. The monoisotopic (exact) mass is 806 g/mol. The van der Waals surface area contributed by atoms with Gasteiger partial charge in [-0.05, 0) is 191 Å². The van der Waals surface area contributed by atoms with E-state index in [4.69, 9.17) is 0 Å². The van der Waals surface area contributed by atoms with E-state index >= 15 is 0 Å². The molecule has 2 aliphatic carbocycles. The molecule has 0 aliphatic heterocycles. The molecular weight excluding hydrogens is 761 g/mol. The van der Waals surface area contributed by atoms with Gasteiger partial charge in [-0.2, -0.15) is 0 Å². The summed E-state index contributed by atoms with van der Waals surface area (Å²) < 4.78 is 0. The maximum absolute atomic E-state index is 2.52. The van der Waals surface area contributed by atoms with E-state index in [0.717, 1.165) is 34.1 Å². The Balaban J connectivity index is 1.09. The first-order chi connectivity index (χ1) is 30.8. The zero-order valence-electron chi connectivity index (χ0n) is 36.0. The highest BCUT2D eigenvalue weighted by Gasteiger charge is 2.51. The Kier molecular flexibility index (Phi) is 8.36. The van der Waals surface area contributed by atoms with Crippen LogP contribution in [-0.4, -0.2) is 0 Å². The molecule has 0 bridgehead atoms. The average molecular weight is 807 g/mol. The summed E-state index contributed by atoms with van der Waals surface area (Å²) in [6.45, 7) is 8.60. The smallest absolute Gasteiger partial charge is 0.0725 e. The maximum atomic E-state index is 2.52. The molecule has 12 rings (SSSR count). The molecule has 0 fully saturated rings. The van der Waals surface area contributed by atoms with Crippen molar-refractivity contribution in [2.45, 2.75) is 33.1 Å². The standard InChI is InChI=1S/C61H46N2/c1-39-13-23-47(24-14-39)62(48-25-15-40(2)16-26-48)51-31-21-43-35-55-56-36-44-22-32-52(63(49-27-17-41(3)18-28-49)50-29-19-42(4)20-30-50)34-46(44)38-60(56)61(59(55)37-45(43)33-51)57-11-7-5-9-53(57)54-10-6-8-12-58(54)61/h5-38H,1-4H3. The first-order valence-corrected chi connectivity index (χ1v) is 22.1. The molecule has 10 aromatic carbocycles. The van der Waals surface area contributed by atoms with Crippen molar-refractivity contribution >= 4 is 55.7 Å². The van der Waals surface area contributed by atoms with Gasteiger partial charge in [0.05, 0.1) is 5.41 Å². The molecule has 2 heteroatoms. The molecule has 0 atom stereocenters. The highest BCUT2D eigenvalue weighted by Crippen LogP contribution is 2.64. The minimum absolute atomic E-state index is 0.493. The minimum atomic E-state index is -0.493. The normalized spacial score (nSPS) is 12.9. The number of hydrogen-bond donors (Lipinski definition) is 0. The van der Waals surface area contributed by atoms with Crippen molar-refractivity contribution in [1.82, 2.24) is 0 Å². The van der Waals surface area contributed by atoms with E-state index < -0.39 is 5.41 Å². The SMILES string of the molecule is Cc1ccc(N(c2ccc(C)cc2)c2ccc3cc4c(cc3c2)C2(c3ccccc3-c3ccccc32)c2cc3cc(N(c5ccc(C)cc5)c5ccc(C)cc5)ccc3cc2-4)cc1. The van der Waals surface area contributed by atoms with Gasteiger partial charge in [0.15, 0.2) is 0 Å². The summed E-state index contributed by atoms with van der Waals surface area (Å²) in [7, 11) is 0. The van der Waals surface area contributed by atoms with Crippen molar-refractivity contribution in [3.63, 3.8) is 0 Å². The number of hydrogen-bond acceptors (Lipinski definition) is 2. The number of benzene rings is 10. The van der Waals surface area contributed by atoms with Crippen LogP contribution >= 0.6 is 0 Å². The minimum Gasteiger partial charge on any atom is -0.310 e. The van der Waals surface area contributed by atoms with Crippen LogP contribution in [0.1, 0.15) is 44.5 Å². The zero-order chi connectivity index (χ0) is 42.4. The van der Waals surface area contributed by atoms with Gasteiger partial charge in [-0.25, -0.2) is 0 Å². The molecule has 2 nitrogen and oxygen atoms in total. The lowest BCUT2D eigenvalue weighted by molar-refractivity contribution is 0.796. The lowest BCUT2D eigenvalue weighted by Gasteiger charge is -2.31. The fourth-order valence-electron chi connectivity index (χ4n) is 10.5. The van der Waals surface area contributed by atoms with Gasteiger partial charge in [-0.3, -0.25) is 0 Å². The summed E-state index contributed by atoms with van der Waals surface area (Å²) in [5.74, 6) is 0. The van der Waals surface area contributed by atoms with E-state index in [9.17, 15) is 0 Å². The van der Waals surface area contributed by atoms with Crippen LogP contribution < -0.4 is 9.80 Å². The second-order valence-corrected chi connectivity index (χ2v) is 17.7. The van der Waals surface area contributed by atoms with E-state index in [1.54, 1.807) is 0 Å². The summed E-state index contributed by atoms with van der Waals surface area (Å²) in [6.07, 6.45) is 0. The fourth-order valence-corrected chi connectivity index (χ4v) is 10.5. The molecule has 63 heavy (non-hydrogen) atoms. The molecule has 0 amide bonds. The van der Waals surface area contributed by atoms with Gasteiger partial charge in [0.2, 0.25) is 0 Å². The van der Waals surface area contributed by atoms with Gasteiger partial charge in [0.1, 0.15) is 0 Å². The Morgan fingerprint density at radius 2 is 0.571 bits per heavy atom. The van der Waals surface area contributed by atoms with Gasteiger partial charge in [-0.15, -0.1) is 0 Å². The Morgan fingerprint density at radius 3 is 0.921 bits per heavy atom. The van der Waals surface area contributed by atoms with Crippen LogP contribution in [0.4, 0.5) is 34.1 Å². The van der Waals surface area contributed by atoms with Crippen LogP contribution in [0.5, 0.6) is 0 Å². The zero-order valence-corrected chi connectivity index (χ0v) is 36.0. The molecule has 0 aromatic heterocycles. The van der Waals surface area contributed by atoms with Crippen molar-refractivity contribution < 1.29 is 0 Å². The second kappa shape index (κ2) is 14.2. The predicted molar refractivity (Wildman–Crippen MR) is 266 cm³/mol. The molecule has 0 radical (unpaired) electrons. The summed E-state index contributed by atoms with van der Waals surface area (Å²) in [6, 6.07) is 77.7. The third kappa shape index (κ3) is 5.79. The summed E-state index contributed by atoms with van der Waals surface area (Å²) in [4.78, 5) is 4.77. The van der Waals surface area contributed by atoms with E-state index in [-0.39, 0.29) is 0 Å². The summed E-state index contributed by atoms with van der Waals surface area (Å²) >= 11 is 0. The second-order valence-electron chi connectivity index (χ2n) is 17.7. The lowest BCUT2D eigenvalue weighted by Crippen LogP contribution is -2.25. The molecule has 0 unspecified atom stereocenters. The van der Waals surface area contributed by atoms with E-state index in [0.29, 0.717) is 0 Å². The predicted octanol–water partition coefficient (Wildman–Crippen LogP) is 16.5. The van der Waals surface area contributed by atoms with E-state index in [1.165, 1.54) is 88.3 Å². The van der Waals surface area contributed by atoms with Crippen LogP contribution in [0.3, 0.4) is 0 Å². The third-order valence-electron chi connectivity index (χ3n) is 13.7. The van der Waals surface area contributed by atoms with Crippen molar-refractivity contribution in [3.8, 4) is 22.3 Å². The Hall–Kier alpha value is -7.68. The first kappa shape index (κ1) is 37.1. The Morgan fingerprint density at radius 1 is 0.254 bits per heavy atom. The summed E-state index contributed by atoms with van der Waals surface area (Å²) in [5.41, 5.74) is 21.9. The summed E-state index contributed by atoms with van der Waals surface area (Å²) in [5, 5.41) is 4.91. The Bertz CT molecular complexity index is 3090. The van der Waals surface area contributed by atoms with Crippen LogP contribution in [0.2, 0.25) is 0 Å². The van der Waals surface area contributed by atoms with Crippen LogP contribution in [0.25, 0.3) is 43.8 Å². The number of aryl methyl sites for hydroxylation is 4. The number of rotatable bonds is 6. The molecule has 2 aliphatic rings. The van der Waals surface area contributed by atoms with Gasteiger partial charge in [0, 0.05) is 34.1 Å². The average Bonchev–Trinajstić information content (AvgIpc) is 3.76. The molecule has 300 valence electrons. The third-order valence-corrected chi connectivity index (χ3v) is 13.7. The van der Waals surface area contributed by atoms with Crippen LogP contribution in [0, 0.1) is 27.7 Å². The molecule has 1 spiro atoms. The lowest BCUT2D eigenvalue weighted by atomic mass is 9.70. The molecule has 0 saturated heterocycles. The molecule has 0 N–H and O–H groups in total. The van der Waals surface area contributed by atoms with Gasteiger partial charge in [-0.1, -0.05) is 131 Å². The quantitative estimate of drug-likeness (QED) is 0.165. The number of fused-ring (bicyclic) bond motifs is 12. The topological polar surface area (TPSA) is 6.48 Å². The highest BCUT2D eigenvalue weighted by molar-refractivity contribution is 6.04. The van der Waals surface area contributed by atoms with Crippen molar-refractivity contribution in [2.24, 2.45) is 0 Å². The first-order valence-electron chi connectivity index (χ1n) is 22.1. The van der Waals surface area contributed by atoms with Crippen LogP contribution in [-0.2, 0) is 5.41 Å². The largest absolute Gasteiger partial charge is 0.310 e. The van der Waals surface area contributed by atoms with Gasteiger partial charge >= 0.3 is 0 Å². The van der Waals surface area contributed by atoms with Gasteiger partial charge in [0.25, 0.3) is 0 Å².